The first-order valence-corrected chi connectivity index (χ1v) is 18.6. The van der Waals surface area contributed by atoms with E-state index in [-0.39, 0.29) is 0 Å². The Kier molecular flexibility index (Phi) is 26.0. The van der Waals surface area contributed by atoms with Crippen molar-refractivity contribution in [3.05, 3.63) is 23.8 Å². The molecule has 0 saturated carbocycles. The van der Waals surface area contributed by atoms with Gasteiger partial charge in [0.05, 0.1) is 0 Å². The summed E-state index contributed by atoms with van der Waals surface area (Å²) >= 11 is 4.16. The average Bonchev–Trinajstić information content (AvgIpc) is 2.89. The van der Waals surface area contributed by atoms with Gasteiger partial charge >= 0.3 is 0 Å². The normalized spacial score (nSPS) is 11.4. The molecule has 2 heteroatoms. The van der Waals surface area contributed by atoms with Crippen molar-refractivity contribution in [3.63, 3.8) is 0 Å². The van der Waals surface area contributed by atoms with Crippen molar-refractivity contribution < 1.29 is 0 Å². The highest BCUT2D eigenvalue weighted by atomic mass is 32.2. The third-order valence-corrected chi connectivity index (χ3v) is 9.68. The lowest BCUT2D eigenvalue weighted by Crippen LogP contribution is -1.87. The lowest BCUT2D eigenvalue weighted by Gasteiger charge is -2.08. The third kappa shape index (κ3) is 23.5. The topological polar surface area (TPSA) is 0 Å². The smallest absolute Gasteiger partial charge is 0.00857 e. The molecule has 1 aromatic rings. The van der Waals surface area contributed by atoms with Gasteiger partial charge in [-0.15, -0.1) is 23.5 Å². The van der Waals surface area contributed by atoms with Crippen LogP contribution in [0.1, 0.15) is 174 Å². The fourth-order valence-corrected chi connectivity index (χ4v) is 7.35. The van der Waals surface area contributed by atoms with E-state index < -0.39 is 0 Å². The van der Waals surface area contributed by atoms with Crippen LogP contribution in [0.25, 0.3) is 0 Å². The first-order valence-electron chi connectivity index (χ1n) is 16.6. The van der Waals surface area contributed by atoms with Gasteiger partial charge in [-0.3, -0.25) is 0 Å². The van der Waals surface area contributed by atoms with E-state index in [4.69, 9.17) is 0 Å². The van der Waals surface area contributed by atoms with Crippen LogP contribution < -0.4 is 0 Å². The van der Waals surface area contributed by atoms with Crippen molar-refractivity contribution in [3.8, 4) is 0 Å². The SMILES string of the molecule is CCCCCCCCCCCCCCSc1cc(C)cc(SCCCCCCCCCCCCCC)c1. The molecule has 0 unspecified atom stereocenters. The average molecular weight is 549 g/mol. The maximum atomic E-state index is 2.45. The summed E-state index contributed by atoms with van der Waals surface area (Å²) in [5, 5.41) is 0. The summed E-state index contributed by atoms with van der Waals surface area (Å²) < 4.78 is 0. The van der Waals surface area contributed by atoms with Crippen LogP contribution in [-0.2, 0) is 0 Å². The van der Waals surface area contributed by atoms with E-state index in [0.29, 0.717) is 0 Å². The minimum Gasteiger partial charge on any atom is -0.126 e. The number of hydrogen-bond donors (Lipinski definition) is 0. The molecule has 0 nitrogen and oxygen atoms in total. The highest BCUT2D eigenvalue weighted by molar-refractivity contribution is 8.00. The van der Waals surface area contributed by atoms with E-state index in [9.17, 15) is 0 Å². The van der Waals surface area contributed by atoms with Crippen LogP contribution in [0.15, 0.2) is 28.0 Å². The van der Waals surface area contributed by atoms with Crippen LogP contribution in [0.3, 0.4) is 0 Å². The number of unbranched alkanes of at least 4 members (excludes halogenated alkanes) is 22. The fraction of sp³-hybridized carbons (Fsp3) is 0.829. The fourth-order valence-electron chi connectivity index (χ4n) is 5.15. The highest BCUT2D eigenvalue weighted by Gasteiger charge is 2.02. The summed E-state index contributed by atoms with van der Waals surface area (Å²) in [6, 6.07) is 7.22. The molecule has 0 atom stereocenters. The van der Waals surface area contributed by atoms with Crippen LogP contribution in [0.5, 0.6) is 0 Å². The quantitative estimate of drug-likeness (QED) is 0.0754. The van der Waals surface area contributed by atoms with E-state index in [0.717, 1.165) is 0 Å². The molecule has 37 heavy (non-hydrogen) atoms. The summed E-state index contributed by atoms with van der Waals surface area (Å²) in [5.41, 5.74) is 1.43. The summed E-state index contributed by atoms with van der Waals surface area (Å²) in [4.78, 5) is 2.97. The Hall–Kier alpha value is -0.0800. The maximum Gasteiger partial charge on any atom is 0.00857 e. The molecule has 0 aliphatic heterocycles. The monoisotopic (exact) mass is 548 g/mol. The van der Waals surface area contributed by atoms with Crippen molar-refractivity contribution in [2.75, 3.05) is 11.5 Å². The van der Waals surface area contributed by atoms with Gasteiger partial charge in [0.25, 0.3) is 0 Å². The molecule has 0 saturated heterocycles. The Morgan fingerprint density at radius 3 is 0.946 bits per heavy atom. The maximum absolute atomic E-state index is 2.45. The number of thioether (sulfide) groups is 2. The van der Waals surface area contributed by atoms with Crippen LogP contribution in [-0.4, -0.2) is 11.5 Å². The molecule has 0 N–H and O–H groups in total. The molecular weight excluding hydrogens is 485 g/mol. The highest BCUT2D eigenvalue weighted by Crippen LogP contribution is 2.29. The summed E-state index contributed by atoms with van der Waals surface area (Å²) in [5.74, 6) is 2.56. The summed E-state index contributed by atoms with van der Waals surface area (Å²) in [7, 11) is 0. The van der Waals surface area contributed by atoms with Crippen molar-refractivity contribution in [2.45, 2.75) is 185 Å². The Morgan fingerprint density at radius 2 is 0.649 bits per heavy atom. The summed E-state index contributed by atoms with van der Waals surface area (Å²) in [6.45, 7) is 6.87. The zero-order valence-corrected chi connectivity index (χ0v) is 27.1. The number of benzene rings is 1. The zero-order valence-electron chi connectivity index (χ0n) is 25.4. The minimum atomic E-state index is 1.28. The molecule has 216 valence electrons. The Labute approximate surface area is 242 Å². The molecule has 0 aliphatic carbocycles. The lowest BCUT2D eigenvalue weighted by atomic mass is 10.1. The van der Waals surface area contributed by atoms with Crippen LogP contribution in [0.2, 0.25) is 0 Å². The van der Waals surface area contributed by atoms with Crippen molar-refractivity contribution in [1.29, 1.82) is 0 Å². The molecule has 1 aromatic carbocycles. The second kappa shape index (κ2) is 27.5. The molecule has 0 heterocycles. The van der Waals surface area contributed by atoms with E-state index in [1.807, 2.05) is 0 Å². The van der Waals surface area contributed by atoms with E-state index in [1.54, 1.807) is 0 Å². The van der Waals surface area contributed by atoms with E-state index in [1.165, 1.54) is 181 Å². The number of rotatable bonds is 28. The molecule has 1 rings (SSSR count). The second-order valence-electron chi connectivity index (χ2n) is 11.5. The molecule has 0 aromatic heterocycles. The number of aryl methyl sites for hydroxylation is 1. The molecule has 0 spiro atoms. The van der Waals surface area contributed by atoms with Gasteiger partial charge < -0.3 is 0 Å². The van der Waals surface area contributed by atoms with Gasteiger partial charge in [0, 0.05) is 9.79 Å². The largest absolute Gasteiger partial charge is 0.126 e. The second-order valence-corrected chi connectivity index (χ2v) is 13.8. The molecule has 0 fully saturated rings. The van der Waals surface area contributed by atoms with E-state index >= 15 is 0 Å². The predicted octanol–water partition coefficient (Wildman–Crippen LogP) is 13.6. The lowest BCUT2D eigenvalue weighted by molar-refractivity contribution is 0.548. The molecular formula is C35H64S2. The molecule has 0 radical (unpaired) electrons. The van der Waals surface area contributed by atoms with Crippen molar-refractivity contribution in [2.24, 2.45) is 0 Å². The van der Waals surface area contributed by atoms with Gasteiger partial charge in [0.1, 0.15) is 0 Å². The third-order valence-electron chi connectivity index (χ3n) is 7.56. The van der Waals surface area contributed by atoms with Crippen molar-refractivity contribution in [1.82, 2.24) is 0 Å². The van der Waals surface area contributed by atoms with Gasteiger partial charge in [-0.2, -0.15) is 0 Å². The first kappa shape index (κ1) is 34.9. The van der Waals surface area contributed by atoms with Crippen LogP contribution in [0.4, 0.5) is 0 Å². The predicted molar refractivity (Wildman–Crippen MR) is 175 cm³/mol. The Morgan fingerprint density at radius 1 is 0.378 bits per heavy atom. The molecule has 0 aliphatic rings. The standard InChI is InChI=1S/C35H64S2/c1-4-6-8-10-12-14-16-18-20-22-24-26-28-36-34-30-33(3)31-35(32-34)37-29-27-25-23-21-19-17-15-13-11-9-7-5-2/h30-32H,4-29H2,1-3H3. The number of hydrogen-bond acceptors (Lipinski definition) is 2. The zero-order chi connectivity index (χ0) is 26.7. The van der Waals surface area contributed by atoms with Gasteiger partial charge in [0.15, 0.2) is 0 Å². The van der Waals surface area contributed by atoms with Crippen molar-refractivity contribution >= 4 is 23.5 Å². The summed E-state index contributed by atoms with van der Waals surface area (Å²) in [6.07, 6.45) is 34.5. The Balaban J connectivity index is 1.97. The van der Waals surface area contributed by atoms with Gasteiger partial charge in [-0.05, 0) is 55.0 Å². The molecule has 0 amide bonds. The van der Waals surface area contributed by atoms with Gasteiger partial charge in [0.2, 0.25) is 0 Å². The van der Waals surface area contributed by atoms with Crippen LogP contribution >= 0.6 is 23.5 Å². The van der Waals surface area contributed by atoms with E-state index in [2.05, 4.69) is 62.5 Å². The van der Waals surface area contributed by atoms with Crippen LogP contribution in [0, 0.1) is 6.92 Å². The molecule has 0 bridgehead atoms. The Bertz CT molecular complexity index is 549. The van der Waals surface area contributed by atoms with Gasteiger partial charge in [-0.25, -0.2) is 0 Å². The van der Waals surface area contributed by atoms with Gasteiger partial charge in [-0.1, -0.05) is 155 Å². The minimum absolute atomic E-state index is 1.28. The first-order chi connectivity index (χ1) is 18.3.